The van der Waals surface area contributed by atoms with Gasteiger partial charge in [-0.3, -0.25) is 9.48 Å². The summed E-state index contributed by atoms with van der Waals surface area (Å²) in [6.45, 7) is 5.97. The zero-order valence-electron chi connectivity index (χ0n) is 16.1. The molecule has 0 aliphatic rings. The number of ether oxygens (including phenoxy) is 1. The van der Waals surface area contributed by atoms with Crippen LogP contribution in [0.3, 0.4) is 0 Å². The van der Waals surface area contributed by atoms with Crippen molar-refractivity contribution in [2.75, 3.05) is 12.8 Å². The molecule has 0 saturated carbocycles. The van der Waals surface area contributed by atoms with Crippen molar-refractivity contribution in [2.45, 2.75) is 38.1 Å². The molecule has 3 N–H and O–H groups in total. The van der Waals surface area contributed by atoms with Crippen LogP contribution in [0.25, 0.3) is 21.8 Å². The van der Waals surface area contributed by atoms with Gasteiger partial charge in [0.05, 0.1) is 12.1 Å². The Labute approximate surface area is 166 Å². The van der Waals surface area contributed by atoms with Gasteiger partial charge in [0.2, 0.25) is 0 Å². The van der Waals surface area contributed by atoms with E-state index >= 15 is 0 Å². The highest BCUT2D eigenvalue weighted by molar-refractivity contribution is 7.98. The minimum atomic E-state index is -0.623. The number of benzene rings is 1. The van der Waals surface area contributed by atoms with Crippen LogP contribution in [0.2, 0.25) is 0 Å². The fraction of sp³-hybridized carbons (Fsp3) is 0.389. The van der Waals surface area contributed by atoms with Gasteiger partial charge < -0.3 is 15.8 Å². The van der Waals surface area contributed by atoms with Gasteiger partial charge in [-0.2, -0.15) is 5.10 Å². The molecule has 0 aliphatic heterocycles. The van der Waals surface area contributed by atoms with E-state index in [0.717, 1.165) is 5.39 Å². The zero-order chi connectivity index (χ0) is 20.5. The van der Waals surface area contributed by atoms with Crippen molar-refractivity contribution in [3.05, 3.63) is 24.0 Å². The number of amides is 2. The van der Waals surface area contributed by atoms with Crippen molar-refractivity contribution < 1.29 is 14.3 Å². The van der Waals surface area contributed by atoms with E-state index in [0.29, 0.717) is 28.1 Å². The number of hydrogen-bond acceptors (Lipinski definition) is 7. The van der Waals surface area contributed by atoms with Crippen LogP contribution in [0.5, 0.6) is 0 Å². The molecule has 0 unspecified atom stereocenters. The van der Waals surface area contributed by atoms with Crippen LogP contribution in [-0.2, 0) is 11.3 Å². The zero-order valence-corrected chi connectivity index (χ0v) is 17.0. The molecular weight excluding hydrogens is 380 g/mol. The lowest BCUT2D eigenvalue weighted by Crippen LogP contribution is -2.34. The van der Waals surface area contributed by atoms with Gasteiger partial charge >= 0.3 is 6.09 Å². The van der Waals surface area contributed by atoms with Gasteiger partial charge in [-0.05, 0) is 33.1 Å². The maximum absolute atomic E-state index is 11.9. The first-order valence-electron chi connectivity index (χ1n) is 8.66. The highest BCUT2D eigenvalue weighted by Crippen LogP contribution is 2.27. The third kappa shape index (κ3) is 4.16. The normalized spacial score (nSPS) is 11.7. The molecule has 0 bridgehead atoms. The maximum Gasteiger partial charge on any atom is 0.407 e. The van der Waals surface area contributed by atoms with Crippen LogP contribution in [0.4, 0.5) is 4.79 Å². The molecule has 148 valence electrons. The molecule has 2 heterocycles. The number of alkyl carbamates (subject to hydrolysis) is 1. The Morgan fingerprint density at radius 1 is 1.32 bits per heavy atom. The summed E-state index contributed by atoms with van der Waals surface area (Å²) < 4.78 is 6.86. The molecule has 28 heavy (non-hydrogen) atoms. The van der Waals surface area contributed by atoms with Crippen molar-refractivity contribution in [1.29, 1.82) is 0 Å². The van der Waals surface area contributed by atoms with Crippen molar-refractivity contribution >= 4 is 45.6 Å². The van der Waals surface area contributed by atoms with Gasteiger partial charge in [0.15, 0.2) is 10.9 Å². The molecule has 2 amide bonds. The van der Waals surface area contributed by atoms with Crippen LogP contribution < -0.4 is 11.1 Å². The Morgan fingerprint density at radius 2 is 2.07 bits per heavy atom. The number of hydrogen-bond donors (Lipinski definition) is 2. The standard InChI is InChI=1S/C18H22N6O3S/c1-18(2,3)27-17(26)20-7-8-24-14-11(13(23-24)15(19)25)6-5-10-9-21-16(28-4)22-12(10)14/h5-6,9H,7-8H2,1-4H3,(H2,19,25)(H,20,26). The Kier molecular flexibility index (Phi) is 5.41. The number of thioether (sulfide) groups is 1. The highest BCUT2D eigenvalue weighted by Gasteiger charge is 2.19. The largest absolute Gasteiger partial charge is 0.444 e. The average Bonchev–Trinajstić information content (AvgIpc) is 2.99. The molecule has 9 nitrogen and oxygen atoms in total. The second kappa shape index (κ2) is 7.63. The summed E-state index contributed by atoms with van der Waals surface area (Å²) in [5.74, 6) is -0.623. The summed E-state index contributed by atoms with van der Waals surface area (Å²) >= 11 is 1.42. The van der Waals surface area contributed by atoms with Crippen molar-refractivity contribution in [3.8, 4) is 0 Å². The minimum absolute atomic E-state index is 0.165. The van der Waals surface area contributed by atoms with E-state index in [1.807, 2.05) is 12.3 Å². The quantitative estimate of drug-likeness (QED) is 0.495. The topological polar surface area (TPSA) is 125 Å². The lowest BCUT2D eigenvalue weighted by Gasteiger charge is -2.19. The van der Waals surface area contributed by atoms with Gasteiger partial charge in [0.1, 0.15) is 11.1 Å². The number of nitrogens with two attached hydrogens (primary N) is 1. The highest BCUT2D eigenvalue weighted by atomic mass is 32.2. The second-order valence-corrected chi connectivity index (χ2v) is 7.89. The first-order valence-corrected chi connectivity index (χ1v) is 9.89. The predicted molar refractivity (Wildman–Crippen MR) is 107 cm³/mol. The van der Waals surface area contributed by atoms with Gasteiger partial charge in [-0.1, -0.05) is 17.8 Å². The molecule has 0 aliphatic carbocycles. The second-order valence-electron chi connectivity index (χ2n) is 7.12. The van der Waals surface area contributed by atoms with Gasteiger partial charge in [-0.15, -0.1) is 0 Å². The fourth-order valence-electron chi connectivity index (χ4n) is 2.76. The SMILES string of the molecule is CSc1ncc2ccc3c(C(N)=O)nn(CCNC(=O)OC(C)(C)C)c3c2n1. The number of aromatic nitrogens is 4. The van der Waals surface area contributed by atoms with Crippen LogP contribution in [0, 0.1) is 0 Å². The van der Waals surface area contributed by atoms with Crippen LogP contribution >= 0.6 is 11.8 Å². The van der Waals surface area contributed by atoms with Crippen LogP contribution in [0.15, 0.2) is 23.5 Å². The minimum Gasteiger partial charge on any atom is -0.444 e. The third-order valence-corrected chi connectivity index (χ3v) is 4.41. The number of carbonyl (C=O) groups is 2. The molecule has 0 saturated heterocycles. The molecule has 1 aromatic carbocycles. The summed E-state index contributed by atoms with van der Waals surface area (Å²) in [5.41, 5.74) is 6.43. The van der Waals surface area contributed by atoms with Gasteiger partial charge in [0, 0.05) is 23.5 Å². The Balaban J connectivity index is 1.97. The first-order chi connectivity index (χ1) is 13.2. The van der Waals surface area contributed by atoms with E-state index in [1.165, 1.54) is 11.8 Å². The lowest BCUT2D eigenvalue weighted by atomic mass is 10.1. The van der Waals surface area contributed by atoms with E-state index in [9.17, 15) is 9.59 Å². The first kappa shape index (κ1) is 19.9. The smallest absolute Gasteiger partial charge is 0.407 e. The average molecular weight is 402 g/mol. The molecule has 10 heteroatoms. The summed E-state index contributed by atoms with van der Waals surface area (Å²) in [5, 5.41) is 9.08. The van der Waals surface area contributed by atoms with Crippen molar-refractivity contribution in [1.82, 2.24) is 25.1 Å². The molecule has 0 spiro atoms. The summed E-state index contributed by atoms with van der Waals surface area (Å²) in [6.07, 6.45) is 3.10. The number of fused-ring (bicyclic) bond motifs is 3. The number of nitrogens with one attached hydrogen (secondary N) is 1. The van der Waals surface area contributed by atoms with E-state index in [4.69, 9.17) is 10.5 Å². The summed E-state index contributed by atoms with van der Waals surface area (Å²) in [4.78, 5) is 32.6. The van der Waals surface area contributed by atoms with Gasteiger partial charge in [0.25, 0.3) is 5.91 Å². The lowest BCUT2D eigenvalue weighted by molar-refractivity contribution is 0.0525. The fourth-order valence-corrected chi connectivity index (χ4v) is 3.10. The van der Waals surface area contributed by atoms with E-state index < -0.39 is 17.6 Å². The summed E-state index contributed by atoms with van der Waals surface area (Å²) in [7, 11) is 0. The van der Waals surface area contributed by atoms with E-state index in [-0.39, 0.29) is 12.2 Å². The molecule has 0 fully saturated rings. The Morgan fingerprint density at radius 3 is 2.71 bits per heavy atom. The molecule has 0 atom stereocenters. The molecule has 0 radical (unpaired) electrons. The molecule has 3 aromatic rings. The molecule has 2 aromatic heterocycles. The molecular formula is C18H22N6O3S. The number of carbonyl (C=O) groups excluding carboxylic acids is 2. The van der Waals surface area contributed by atoms with Crippen LogP contribution in [-0.4, -0.2) is 50.2 Å². The Hall–Kier alpha value is -2.88. The number of nitrogens with zero attached hydrogens (tertiary/aromatic N) is 4. The van der Waals surface area contributed by atoms with Crippen molar-refractivity contribution in [2.24, 2.45) is 5.73 Å². The predicted octanol–water partition coefficient (Wildman–Crippen LogP) is 2.33. The molecule has 3 rings (SSSR count). The van der Waals surface area contributed by atoms with E-state index in [2.05, 4.69) is 20.4 Å². The Bertz CT molecular complexity index is 1060. The number of primary amides is 1. The maximum atomic E-state index is 11.9. The third-order valence-electron chi connectivity index (χ3n) is 3.85. The van der Waals surface area contributed by atoms with E-state index in [1.54, 1.807) is 37.7 Å². The monoisotopic (exact) mass is 402 g/mol. The summed E-state index contributed by atoms with van der Waals surface area (Å²) in [6, 6.07) is 3.61. The number of rotatable bonds is 5. The van der Waals surface area contributed by atoms with Gasteiger partial charge in [-0.25, -0.2) is 14.8 Å². The van der Waals surface area contributed by atoms with Crippen molar-refractivity contribution in [3.63, 3.8) is 0 Å². The van der Waals surface area contributed by atoms with Crippen LogP contribution in [0.1, 0.15) is 31.3 Å².